The maximum atomic E-state index is 12.1. The first-order chi connectivity index (χ1) is 16.3. The summed E-state index contributed by atoms with van der Waals surface area (Å²) in [6.45, 7) is 8.21. The minimum atomic E-state index is -0.318. The molecule has 0 atom stereocenters. The Kier molecular flexibility index (Phi) is 6.62. The molecule has 2 heterocycles. The van der Waals surface area contributed by atoms with Gasteiger partial charge in [0.2, 0.25) is 0 Å². The van der Waals surface area contributed by atoms with E-state index in [1.54, 1.807) is 18.5 Å². The number of hydrogen-bond donors (Lipinski definition) is 3. The summed E-state index contributed by atoms with van der Waals surface area (Å²) < 4.78 is 11.4. The lowest BCUT2D eigenvalue weighted by Gasteiger charge is -2.20. The number of benzene rings is 2. The van der Waals surface area contributed by atoms with E-state index in [1.807, 2.05) is 64.1 Å². The number of anilines is 2. The zero-order valence-electron chi connectivity index (χ0n) is 19.7. The highest BCUT2D eigenvalue weighted by Crippen LogP contribution is 2.31. The van der Waals surface area contributed by atoms with Crippen LogP contribution in [0.4, 0.5) is 11.5 Å². The van der Waals surface area contributed by atoms with Crippen LogP contribution in [-0.4, -0.2) is 44.8 Å². The minimum absolute atomic E-state index is 0.0766. The summed E-state index contributed by atoms with van der Waals surface area (Å²) in [6, 6.07) is 13.1. The zero-order chi connectivity index (χ0) is 24.1. The molecular formula is C25H28N6O3. The molecule has 0 bridgehead atoms. The fourth-order valence-electron chi connectivity index (χ4n) is 3.37. The molecule has 3 N–H and O–H groups in total. The van der Waals surface area contributed by atoms with Gasteiger partial charge in [-0.2, -0.15) is 5.10 Å². The lowest BCUT2D eigenvalue weighted by atomic mass is 10.1. The van der Waals surface area contributed by atoms with Gasteiger partial charge in [-0.1, -0.05) is 12.1 Å². The van der Waals surface area contributed by atoms with E-state index in [-0.39, 0.29) is 18.1 Å². The molecule has 2 aromatic heterocycles. The number of carbonyl (C=O) groups excluding carboxylic acids is 1. The van der Waals surface area contributed by atoms with Gasteiger partial charge in [0.1, 0.15) is 17.3 Å². The monoisotopic (exact) mass is 460 g/mol. The van der Waals surface area contributed by atoms with E-state index >= 15 is 0 Å². The molecule has 0 aliphatic carbocycles. The number of H-pyrrole nitrogens is 1. The van der Waals surface area contributed by atoms with E-state index in [4.69, 9.17) is 19.4 Å². The summed E-state index contributed by atoms with van der Waals surface area (Å²) in [5.74, 6) is 2.26. The molecule has 2 aromatic carbocycles. The number of ether oxygens (including phenoxy) is 2. The molecular weight excluding hydrogens is 432 g/mol. The van der Waals surface area contributed by atoms with Crippen LogP contribution in [-0.2, 0) is 4.79 Å². The molecule has 176 valence electrons. The highest BCUT2D eigenvalue weighted by molar-refractivity contribution is 5.93. The van der Waals surface area contributed by atoms with Crippen molar-refractivity contribution in [3.63, 3.8) is 0 Å². The number of amides is 1. The van der Waals surface area contributed by atoms with Crippen LogP contribution in [0.5, 0.6) is 11.5 Å². The highest BCUT2D eigenvalue weighted by atomic mass is 16.5. The molecule has 34 heavy (non-hydrogen) atoms. The number of nitrogens with one attached hydrogen (secondary N) is 3. The number of aromatic amines is 1. The third kappa shape index (κ3) is 5.80. The summed E-state index contributed by atoms with van der Waals surface area (Å²) in [5, 5.41) is 13.8. The first kappa shape index (κ1) is 23.0. The average Bonchev–Trinajstić information content (AvgIpc) is 3.30. The Balaban J connectivity index is 1.65. The van der Waals surface area contributed by atoms with E-state index < -0.39 is 0 Å². The first-order valence-corrected chi connectivity index (χ1v) is 11.1. The Bertz CT molecular complexity index is 1280. The number of hydrogen-bond acceptors (Lipinski definition) is 7. The quantitative estimate of drug-likeness (QED) is 0.356. The molecule has 0 saturated carbocycles. The third-order valence-electron chi connectivity index (χ3n) is 4.72. The smallest absolute Gasteiger partial charge is 0.258 e. The number of carbonyl (C=O) groups is 1. The van der Waals surface area contributed by atoms with Gasteiger partial charge in [-0.05, 0) is 58.0 Å². The van der Waals surface area contributed by atoms with Crippen LogP contribution in [0.2, 0.25) is 0 Å². The topological polar surface area (TPSA) is 114 Å². The molecule has 1 amide bonds. The van der Waals surface area contributed by atoms with Gasteiger partial charge in [-0.3, -0.25) is 9.89 Å². The summed E-state index contributed by atoms with van der Waals surface area (Å²) in [6.07, 6.45) is 3.42. The van der Waals surface area contributed by atoms with Crippen LogP contribution in [0.1, 0.15) is 27.7 Å². The Morgan fingerprint density at radius 3 is 2.62 bits per heavy atom. The van der Waals surface area contributed by atoms with E-state index in [1.165, 1.54) is 0 Å². The highest BCUT2D eigenvalue weighted by Gasteiger charge is 2.15. The number of nitrogens with zero attached hydrogens (tertiary/aromatic N) is 3. The maximum Gasteiger partial charge on any atom is 0.258 e. The molecule has 9 heteroatoms. The summed E-state index contributed by atoms with van der Waals surface area (Å²) in [5.41, 5.74) is 1.98. The van der Waals surface area contributed by atoms with Gasteiger partial charge in [0.05, 0.1) is 24.0 Å². The second-order valence-electron chi connectivity index (χ2n) is 8.73. The van der Waals surface area contributed by atoms with Gasteiger partial charge in [0.15, 0.2) is 12.4 Å². The van der Waals surface area contributed by atoms with Crippen molar-refractivity contribution < 1.29 is 14.3 Å². The van der Waals surface area contributed by atoms with Crippen molar-refractivity contribution in [2.75, 3.05) is 18.5 Å². The van der Waals surface area contributed by atoms with Crippen molar-refractivity contribution in [1.29, 1.82) is 0 Å². The number of rotatable bonds is 8. The normalized spacial score (nSPS) is 11.3. The van der Waals surface area contributed by atoms with E-state index in [9.17, 15) is 4.79 Å². The molecule has 4 rings (SSSR count). The molecule has 9 nitrogen and oxygen atoms in total. The van der Waals surface area contributed by atoms with Crippen molar-refractivity contribution >= 4 is 28.3 Å². The van der Waals surface area contributed by atoms with Crippen molar-refractivity contribution in [1.82, 2.24) is 25.5 Å². The van der Waals surface area contributed by atoms with Gasteiger partial charge < -0.3 is 20.1 Å². The van der Waals surface area contributed by atoms with E-state index in [0.717, 1.165) is 27.9 Å². The van der Waals surface area contributed by atoms with Crippen molar-refractivity contribution in [3.05, 3.63) is 54.9 Å². The molecule has 0 aliphatic heterocycles. The third-order valence-corrected chi connectivity index (χ3v) is 4.72. The molecule has 0 fully saturated rings. The standard InChI is InChI=1S/C25H28N6O3/c1-5-33-19-9-10-21-20(12-19)24(28-17-13-26-27-14-17)30-23(29-21)16-7-6-8-18(11-16)34-15-22(32)31-25(2,3)4/h6-14H,5,15H2,1-4H3,(H,26,27)(H,31,32)(H,28,29,30). The Labute approximate surface area is 197 Å². The van der Waals surface area contributed by atoms with Crippen molar-refractivity contribution in [3.8, 4) is 22.9 Å². The Hall–Kier alpha value is -4.14. The maximum absolute atomic E-state index is 12.1. The summed E-state index contributed by atoms with van der Waals surface area (Å²) in [4.78, 5) is 21.7. The fraction of sp³-hybridized carbons (Fsp3) is 0.280. The lowest BCUT2D eigenvalue weighted by Crippen LogP contribution is -2.43. The number of aromatic nitrogens is 4. The van der Waals surface area contributed by atoms with Gasteiger partial charge >= 0.3 is 0 Å². The predicted molar refractivity (Wildman–Crippen MR) is 131 cm³/mol. The molecule has 0 spiro atoms. The van der Waals surface area contributed by atoms with Crippen LogP contribution < -0.4 is 20.1 Å². The molecule has 4 aromatic rings. The van der Waals surface area contributed by atoms with Crippen molar-refractivity contribution in [2.45, 2.75) is 33.2 Å². The van der Waals surface area contributed by atoms with Gasteiger partial charge in [-0.25, -0.2) is 9.97 Å². The Morgan fingerprint density at radius 2 is 1.88 bits per heavy atom. The predicted octanol–water partition coefficient (Wildman–Crippen LogP) is 4.46. The second-order valence-corrected chi connectivity index (χ2v) is 8.73. The first-order valence-electron chi connectivity index (χ1n) is 11.1. The van der Waals surface area contributed by atoms with Crippen LogP contribution in [0, 0.1) is 0 Å². The summed E-state index contributed by atoms with van der Waals surface area (Å²) >= 11 is 0. The largest absolute Gasteiger partial charge is 0.494 e. The molecule has 0 unspecified atom stereocenters. The molecule has 0 saturated heterocycles. The SMILES string of the molecule is CCOc1ccc2nc(-c3cccc(OCC(=O)NC(C)(C)C)c3)nc(Nc3cn[nH]c3)c2c1. The fourth-order valence-corrected chi connectivity index (χ4v) is 3.37. The lowest BCUT2D eigenvalue weighted by molar-refractivity contribution is -0.124. The van der Waals surface area contributed by atoms with Gasteiger partial charge in [0.25, 0.3) is 5.91 Å². The Morgan fingerprint density at radius 1 is 1.06 bits per heavy atom. The van der Waals surface area contributed by atoms with Crippen LogP contribution >= 0.6 is 0 Å². The van der Waals surface area contributed by atoms with E-state index in [2.05, 4.69) is 20.8 Å². The van der Waals surface area contributed by atoms with E-state index in [0.29, 0.717) is 24.0 Å². The van der Waals surface area contributed by atoms with Gasteiger partial charge in [-0.15, -0.1) is 0 Å². The van der Waals surface area contributed by atoms with Crippen LogP contribution in [0.3, 0.4) is 0 Å². The molecule has 0 aliphatic rings. The zero-order valence-corrected chi connectivity index (χ0v) is 19.7. The average molecular weight is 461 g/mol. The molecule has 0 radical (unpaired) electrons. The van der Waals surface area contributed by atoms with Crippen molar-refractivity contribution in [2.24, 2.45) is 0 Å². The number of fused-ring (bicyclic) bond motifs is 1. The minimum Gasteiger partial charge on any atom is -0.494 e. The van der Waals surface area contributed by atoms with Gasteiger partial charge in [0, 0.05) is 22.7 Å². The van der Waals surface area contributed by atoms with Crippen LogP contribution in [0.25, 0.3) is 22.3 Å². The summed E-state index contributed by atoms with van der Waals surface area (Å²) in [7, 11) is 0. The van der Waals surface area contributed by atoms with Crippen LogP contribution in [0.15, 0.2) is 54.9 Å². The second kappa shape index (κ2) is 9.78.